The lowest BCUT2D eigenvalue weighted by Crippen LogP contribution is -2.18. The summed E-state index contributed by atoms with van der Waals surface area (Å²) >= 11 is 0. The molecule has 10 heterocycles. The van der Waals surface area contributed by atoms with Crippen molar-refractivity contribution >= 4 is 70.3 Å². The normalized spacial score (nSPS) is 16.5. The van der Waals surface area contributed by atoms with E-state index in [0.29, 0.717) is 76.0 Å². The molecular weight excluding hydrogens is 1520 g/mol. The fraction of sp³-hybridized carbons (Fsp3) is 0.241. The van der Waals surface area contributed by atoms with Gasteiger partial charge in [0.25, 0.3) is 0 Å². The third-order valence-electron chi connectivity index (χ3n) is 25.6. The Morgan fingerprint density at radius 2 is 0.748 bits per heavy atom. The van der Waals surface area contributed by atoms with E-state index in [1.807, 2.05) is 168 Å². The number of aryl methyl sites for hydroxylation is 3. The highest BCUT2D eigenvalue weighted by Crippen LogP contribution is 2.45. The van der Waals surface area contributed by atoms with Crippen LogP contribution in [-0.2, 0) is 83.9 Å². The first-order valence-corrected chi connectivity index (χ1v) is 43.3. The highest BCUT2D eigenvalue weighted by molar-refractivity contribution is 6.19. The van der Waals surface area contributed by atoms with Crippen molar-refractivity contribution in [2.24, 2.45) is 20.0 Å². The fourth-order valence-corrected chi connectivity index (χ4v) is 18.5. The summed E-state index contributed by atoms with van der Waals surface area (Å²) in [5, 5.41) is 9.92. The number of hydrogen-bond acceptors (Lipinski definition) is 15. The number of carbonyl (C=O) groups is 4. The molecule has 15 heteroatoms. The molecule has 4 aliphatic heterocycles. The number of rotatable bonds is 20. The van der Waals surface area contributed by atoms with Gasteiger partial charge >= 0.3 is 0 Å². The van der Waals surface area contributed by atoms with Gasteiger partial charge in [0.15, 0.2) is 23.1 Å². The van der Waals surface area contributed by atoms with Crippen molar-refractivity contribution in [3.8, 4) is 0 Å². The Morgan fingerprint density at radius 1 is 0.366 bits per heavy atom. The van der Waals surface area contributed by atoms with Crippen molar-refractivity contribution in [2.75, 3.05) is 6.61 Å². The molecule has 0 saturated heterocycles. The second-order valence-electron chi connectivity index (χ2n) is 34.5. The second-order valence-corrected chi connectivity index (χ2v) is 34.5. The highest BCUT2D eigenvalue weighted by Gasteiger charge is 2.35. The van der Waals surface area contributed by atoms with Crippen LogP contribution in [0.25, 0.3) is 24.3 Å². The van der Waals surface area contributed by atoms with E-state index in [0.717, 1.165) is 141 Å². The Bertz CT molecular complexity index is 6670. The van der Waals surface area contributed by atoms with Crippen LogP contribution in [0.3, 0.4) is 0 Å². The van der Waals surface area contributed by atoms with Crippen molar-refractivity contribution in [2.45, 2.75) is 161 Å². The molecule has 0 spiro atoms. The molecule has 15 nitrogen and oxygen atoms in total. The molecule has 12 aromatic rings. The number of aliphatic hydroxyl groups excluding tert-OH is 1. The number of hydrogen-bond donors (Lipinski definition) is 1. The van der Waals surface area contributed by atoms with Gasteiger partial charge in [0, 0.05) is 181 Å². The zero-order valence-corrected chi connectivity index (χ0v) is 69.6. The van der Waals surface area contributed by atoms with Crippen molar-refractivity contribution in [3.05, 3.63) is 409 Å². The second kappa shape index (κ2) is 33.1. The molecule has 11 aliphatic rings. The van der Waals surface area contributed by atoms with Crippen molar-refractivity contribution in [1.29, 1.82) is 0 Å². The standard InChI is InChI=1S/C28H25N3O.C28H24N2O2.C27H23N3O.C25H20N2O/c1-16-4-3-5-25(31-16)17(2)28(32)22-10-20-12-23-15-30-27(24(23)13-21(20)11-22)19-8-9-29-26(14-19)18-6-7-18;31-16-25(17-4-2-1-3-5-17)28(32)22-10-20-12-23-15-30-27(24(23)13-21(20)11-22)19-8-9-29-26(14-19)18-6-7-18;1-16-3-2-4-23(30-16)14-26(31)21-9-19-11-22-15-29-27(24(22)12-20(19)10-21)18-7-8-28-25(13-18)17-5-6-17;1-16-9-18(7-8-26-16)25-23-14-20-12-21(11-19(20)13-22(23)15-27-25)24(28)10-17-5-3-2-4-6-17/h3-5,8-9,11-14,17-18H,6-7,10,15H2,1-2H3;1-5,8-9,11-14,18,25,31H,6-7,10,15-16H2;2-4,7-8,10-13,17H,5-6,9,14-15H2,1H3;2-9,12-14H,10-11,15H2,1H3/t17-;25-;;/m11../s1. The largest absolute Gasteiger partial charge is 0.395 e. The predicted molar refractivity (Wildman–Crippen MR) is 484 cm³/mol. The van der Waals surface area contributed by atoms with E-state index in [-0.39, 0.29) is 35.7 Å². The minimum atomic E-state index is -0.515. The van der Waals surface area contributed by atoms with Crippen LogP contribution in [0.2, 0.25) is 0 Å². The van der Waals surface area contributed by atoms with Gasteiger partial charge in [-0.15, -0.1) is 0 Å². The van der Waals surface area contributed by atoms with Gasteiger partial charge in [-0.25, -0.2) is 0 Å². The van der Waals surface area contributed by atoms with E-state index in [1.54, 1.807) is 0 Å². The molecule has 2 atom stereocenters. The summed E-state index contributed by atoms with van der Waals surface area (Å²) in [6.07, 6.45) is 26.7. The molecule has 6 aromatic heterocycles. The molecule has 0 radical (unpaired) electrons. The number of ketones is 4. The number of nitrogens with zero attached hydrogens (tertiary/aromatic N) is 10. The molecule has 1 N–H and O–H groups in total. The van der Waals surface area contributed by atoms with Crippen molar-refractivity contribution in [3.63, 3.8) is 0 Å². The van der Waals surface area contributed by atoms with Gasteiger partial charge in [0.05, 0.1) is 79.6 Å². The van der Waals surface area contributed by atoms with Gasteiger partial charge in [-0.1, -0.05) is 97.1 Å². The predicted octanol–water partition coefficient (Wildman–Crippen LogP) is 19.2. The quantitative estimate of drug-likeness (QED) is 0.0757. The zero-order valence-electron chi connectivity index (χ0n) is 69.6. The van der Waals surface area contributed by atoms with Gasteiger partial charge in [0.1, 0.15) is 0 Å². The van der Waals surface area contributed by atoms with Gasteiger partial charge in [-0.3, -0.25) is 69.1 Å². The number of fused-ring (bicyclic) bond motifs is 8. The topological polar surface area (TPSA) is 215 Å². The lowest BCUT2D eigenvalue weighted by Gasteiger charge is -2.14. The van der Waals surface area contributed by atoms with E-state index >= 15 is 0 Å². The smallest absolute Gasteiger partial charge is 0.168 e. The highest BCUT2D eigenvalue weighted by atomic mass is 16.3. The Hall–Kier alpha value is -13.5. The molecule has 7 aliphatic carbocycles. The molecule has 0 bridgehead atoms. The number of allylic oxidation sites excluding steroid dienone is 4. The van der Waals surface area contributed by atoms with E-state index in [4.69, 9.17) is 20.0 Å². The maximum Gasteiger partial charge on any atom is 0.168 e. The third-order valence-corrected chi connectivity index (χ3v) is 25.6. The number of Topliss-reactive ketones (excluding diaryl/α,β-unsaturated/α-hetero) is 4. The molecule has 0 unspecified atom stereocenters. The number of benzene rings is 6. The summed E-state index contributed by atoms with van der Waals surface area (Å²) in [7, 11) is 0. The van der Waals surface area contributed by atoms with Crippen LogP contribution in [0.1, 0.15) is 243 Å². The number of aliphatic imine (C=N–C) groups is 4. The van der Waals surface area contributed by atoms with E-state index in [9.17, 15) is 24.3 Å². The lowest BCUT2D eigenvalue weighted by atomic mass is 9.90. The number of carbonyl (C=O) groups excluding carboxylic acids is 4. The average Bonchev–Trinajstić information content (AvgIpc) is 1.63. The number of aliphatic hydroxyl groups is 1. The fourth-order valence-electron chi connectivity index (χ4n) is 18.5. The summed E-state index contributed by atoms with van der Waals surface area (Å²) in [5.74, 6) is 1.64. The summed E-state index contributed by atoms with van der Waals surface area (Å²) in [4.78, 5) is 98.4. The number of pyridine rings is 6. The Morgan fingerprint density at radius 3 is 1.16 bits per heavy atom. The van der Waals surface area contributed by atoms with E-state index < -0.39 is 5.92 Å². The van der Waals surface area contributed by atoms with Crippen LogP contribution in [0.5, 0.6) is 0 Å². The summed E-state index contributed by atoms with van der Waals surface area (Å²) in [5.41, 5.74) is 41.2. The third kappa shape index (κ3) is 16.5. The van der Waals surface area contributed by atoms with Crippen LogP contribution in [0, 0.1) is 20.8 Å². The first-order valence-electron chi connectivity index (χ1n) is 43.3. The maximum absolute atomic E-state index is 13.2. The summed E-state index contributed by atoms with van der Waals surface area (Å²) in [6.45, 7) is 10.5. The lowest BCUT2D eigenvalue weighted by molar-refractivity contribution is -0.118. The molecule has 604 valence electrons. The van der Waals surface area contributed by atoms with Gasteiger partial charge in [-0.05, 0) is 265 Å². The van der Waals surface area contributed by atoms with E-state index in [2.05, 4.69) is 133 Å². The minimum absolute atomic E-state index is 0.00663. The van der Waals surface area contributed by atoms with Gasteiger partial charge < -0.3 is 5.11 Å². The van der Waals surface area contributed by atoms with Crippen LogP contribution >= 0.6 is 0 Å². The van der Waals surface area contributed by atoms with Gasteiger partial charge in [0.2, 0.25) is 0 Å². The maximum atomic E-state index is 13.2. The average molecular weight is 1610 g/mol. The Kier molecular flexibility index (Phi) is 21.0. The molecule has 6 aromatic carbocycles. The Labute approximate surface area is 716 Å². The molecule has 3 fully saturated rings. The van der Waals surface area contributed by atoms with Crippen LogP contribution in [0.4, 0.5) is 0 Å². The molecule has 3 saturated carbocycles. The SMILES string of the molecule is Cc1cc(C2=NCc3cc4c(cc32)C=C(C(=O)Cc2ccccc2)C4)ccn1.Cc1cccc(CC(=O)C2=Cc3cc4c(cc3C2)CN=C4c2ccnc(C3CC3)c2)n1.Cc1cccc([C@@H](C)C(=O)C2=Cc3cc4c(cc3C2)CN=C4c2ccnc(C3CC3)c2)n1.O=C(C1=Cc2cc3c(cc2C1)CN=C3c1ccnc(C2CC2)c1)[C@H](CO)c1ccccc1. The summed E-state index contributed by atoms with van der Waals surface area (Å²) < 4.78 is 0. The van der Waals surface area contributed by atoms with Crippen LogP contribution < -0.4 is 0 Å². The first-order chi connectivity index (χ1) is 60.1. The molecule has 123 heavy (non-hydrogen) atoms. The molecular formula is C108H92N10O5. The van der Waals surface area contributed by atoms with Crippen molar-refractivity contribution < 1.29 is 24.3 Å². The zero-order chi connectivity index (χ0) is 83.5. The van der Waals surface area contributed by atoms with Crippen LogP contribution in [0.15, 0.2) is 261 Å². The molecule has 23 rings (SSSR count). The first kappa shape index (κ1) is 78.1. The van der Waals surface area contributed by atoms with Crippen molar-refractivity contribution in [1.82, 2.24) is 29.9 Å². The van der Waals surface area contributed by atoms with E-state index in [1.165, 1.54) is 117 Å². The monoisotopic (exact) mass is 1610 g/mol. The Balaban J connectivity index is 0.000000104. The van der Waals surface area contributed by atoms with Crippen LogP contribution in [-0.4, -0.2) is 87.6 Å². The molecule has 0 amide bonds. The minimum Gasteiger partial charge on any atom is -0.395 e. The summed E-state index contributed by atoms with van der Waals surface area (Å²) in [6, 6.07) is 65.8. The van der Waals surface area contributed by atoms with Gasteiger partial charge in [-0.2, -0.15) is 0 Å². The number of aromatic nitrogens is 6.